The van der Waals surface area contributed by atoms with Crippen molar-refractivity contribution in [2.24, 2.45) is 0 Å². The van der Waals surface area contributed by atoms with E-state index in [1.54, 1.807) is 24.3 Å². The summed E-state index contributed by atoms with van der Waals surface area (Å²) in [6, 6.07) is 3.30. The van der Waals surface area contributed by atoms with Gasteiger partial charge in [0.15, 0.2) is 11.5 Å². The van der Waals surface area contributed by atoms with E-state index in [9.17, 15) is 14.7 Å². The molecule has 0 atom stereocenters. The number of ether oxygens (including phenoxy) is 1. The van der Waals surface area contributed by atoms with E-state index in [1.165, 1.54) is 7.11 Å². The van der Waals surface area contributed by atoms with Gasteiger partial charge in [-0.05, 0) is 30.2 Å². The van der Waals surface area contributed by atoms with Gasteiger partial charge in [-0.1, -0.05) is 30.1 Å². The Bertz CT molecular complexity index is 757. The van der Waals surface area contributed by atoms with Gasteiger partial charge in [0.25, 0.3) is 5.91 Å². The van der Waals surface area contributed by atoms with Crippen LogP contribution in [0.5, 0.6) is 11.5 Å². The Morgan fingerprint density at radius 2 is 2.21 bits per heavy atom. The number of phenolic OH excluding ortho intramolecular Hbond substituents is 1. The maximum absolute atomic E-state index is 12.3. The van der Waals surface area contributed by atoms with Crippen molar-refractivity contribution in [2.45, 2.75) is 6.42 Å². The highest BCUT2D eigenvalue weighted by Crippen LogP contribution is 2.36. The SMILES string of the molecule is C=CCc1cc(/C=C2/SC(=S)N(CC(=O)O)C2=O)cc(OC)c1O. The van der Waals surface area contributed by atoms with E-state index in [4.69, 9.17) is 22.1 Å². The first-order chi connectivity index (χ1) is 11.4. The number of phenols is 1. The van der Waals surface area contributed by atoms with Crippen LogP contribution in [-0.4, -0.2) is 45.0 Å². The third kappa shape index (κ3) is 3.77. The molecule has 1 heterocycles. The van der Waals surface area contributed by atoms with E-state index in [1.807, 2.05) is 0 Å². The van der Waals surface area contributed by atoms with Gasteiger partial charge in [-0.3, -0.25) is 14.5 Å². The average Bonchev–Trinajstić information content (AvgIpc) is 2.77. The summed E-state index contributed by atoms with van der Waals surface area (Å²) in [5.41, 5.74) is 1.24. The summed E-state index contributed by atoms with van der Waals surface area (Å²) < 4.78 is 5.34. The number of carboxylic acids is 1. The number of allylic oxidation sites excluding steroid dienone is 1. The Hall–Kier alpha value is -2.32. The molecule has 2 rings (SSSR count). The van der Waals surface area contributed by atoms with Crippen molar-refractivity contribution in [1.82, 2.24) is 4.90 Å². The highest BCUT2D eigenvalue weighted by Gasteiger charge is 2.33. The fourth-order valence-corrected chi connectivity index (χ4v) is 3.42. The lowest BCUT2D eigenvalue weighted by Gasteiger charge is -2.11. The number of carbonyl (C=O) groups excluding carboxylic acids is 1. The molecule has 1 aromatic carbocycles. The second kappa shape index (κ2) is 7.50. The summed E-state index contributed by atoms with van der Waals surface area (Å²) in [4.78, 5) is 24.4. The summed E-state index contributed by atoms with van der Waals surface area (Å²) in [5, 5.41) is 18.9. The van der Waals surface area contributed by atoms with E-state index in [2.05, 4.69) is 6.58 Å². The topological polar surface area (TPSA) is 87.1 Å². The van der Waals surface area contributed by atoms with E-state index >= 15 is 0 Å². The van der Waals surface area contributed by atoms with Gasteiger partial charge >= 0.3 is 5.97 Å². The molecule has 0 aromatic heterocycles. The van der Waals surface area contributed by atoms with Gasteiger partial charge < -0.3 is 14.9 Å². The number of amides is 1. The molecule has 1 amide bonds. The molecule has 1 aliphatic heterocycles. The van der Waals surface area contributed by atoms with Crippen molar-refractivity contribution >= 4 is 46.3 Å². The third-order valence-corrected chi connectivity index (χ3v) is 4.60. The lowest BCUT2D eigenvalue weighted by molar-refractivity contribution is -0.140. The van der Waals surface area contributed by atoms with Crippen LogP contribution in [0.4, 0.5) is 0 Å². The summed E-state index contributed by atoms with van der Waals surface area (Å²) in [6.45, 7) is 3.17. The standard InChI is InChI=1S/C16H15NO5S2/c1-3-4-10-5-9(6-11(22-2)14(10)20)7-12-15(21)17(8-13(18)19)16(23)24-12/h3,5-7,20H,1,4,8H2,2H3,(H,18,19)/b12-7+. The number of carbonyl (C=O) groups is 2. The first kappa shape index (κ1) is 18.0. The smallest absolute Gasteiger partial charge is 0.323 e. The van der Waals surface area contributed by atoms with E-state index < -0.39 is 18.4 Å². The lowest BCUT2D eigenvalue weighted by Crippen LogP contribution is -2.33. The minimum atomic E-state index is -1.13. The zero-order chi connectivity index (χ0) is 17.9. The highest BCUT2D eigenvalue weighted by molar-refractivity contribution is 8.26. The number of aromatic hydroxyl groups is 1. The normalized spacial score (nSPS) is 15.9. The number of hydrogen-bond acceptors (Lipinski definition) is 6. The highest BCUT2D eigenvalue weighted by atomic mass is 32.2. The first-order valence-electron chi connectivity index (χ1n) is 6.85. The molecule has 0 unspecified atom stereocenters. The van der Waals surface area contributed by atoms with Crippen LogP contribution in [0.15, 0.2) is 29.7 Å². The molecule has 0 radical (unpaired) electrons. The van der Waals surface area contributed by atoms with Crippen molar-refractivity contribution in [1.29, 1.82) is 0 Å². The molecular weight excluding hydrogens is 350 g/mol. The number of rotatable bonds is 6. The number of aliphatic carboxylic acids is 1. The molecule has 126 valence electrons. The number of thiocarbonyl (C=S) groups is 1. The van der Waals surface area contributed by atoms with Crippen molar-refractivity contribution in [3.63, 3.8) is 0 Å². The van der Waals surface area contributed by atoms with Crippen molar-refractivity contribution in [3.8, 4) is 11.5 Å². The van der Waals surface area contributed by atoms with Crippen LogP contribution in [-0.2, 0) is 16.0 Å². The molecule has 2 N–H and O–H groups in total. The Balaban J connectivity index is 2.39. The fraction of sp³-hybridized carbons (Fsp3) is 0.188. The number of methoxy groups -OCH3 is 1. The number of nitrogens with zero attached hydrogens (tertiary/aromatic N) is 1. The molecule has 0 aliphatic carbocycles. The van der Waals surface area contributed by atoms with Crippen LogP contribution in [0.3, 0.4) is 0 Å². The monoisotopic (exact) mass is 365 g/mol. The second-order valence-corrected chi connectivity index (χ2v) is 6.56. The van der Waals surface area contributed by atoms with E-state index in [-0.39, 0.29) is 15.8 Å². The van der Waals surface area contributed by atoms with Crippen LogP contribution in [0.25, 0.3) is 6.08 Å². The Labute approximate surface area is 148 Å². The van der Waals surface area contributed by atoms with Crippen molar-refractivity contribution in [2.75, 3.05) is 13.7 Å². The fourth-order valence-electron chi connectivity index (χ4n) is 2.16. The minimum absolute atomic E-state index is 0.0213. The zero-order valence-corrected chi connectivity index (χ0v) is 14.4. The number of benzene rings is 1. The predicted octanol–water partition coefficient (Wildman–Crippen LogP) is 2.42. The Kier molecular flexibility index (Phi) is 5.63. The van der Waals surface area contributed by atoms with E-state index in [0.717, 1.165) is 16.7 Å². The molecule has 0 saturated carbocycles. The van der Waals surface area contributed by atoms with Crippen LogP contribution >= 0.6 is 24.0 Å². The van der Waals surface area contributed by atoms with Crippen LogP contribution in [0, 0.1) is 0 Å². The second-order valence-electron chi connectivity index (χ2n) is 4.89. The van der Waals surface area contributed by atoms with Gasteiger partial charge in [0, 0.05) is 5.56 Å². The van der Waals surface area contributed by atoms with Gasteiger partial charge in [0.2, 0.25) is 0 Å². The third-order valence-electron chi connectivity index (χ3n) is 3.23. The maximum Gasteiger partial charge on any atom is 0.323 e. The van der Waals surface area contributed by atoms with Gasteiger partial charge in [0.05, 0.1) is 12.0 Å². The minimum Gasteiger partial charge on any atom is -0.504 e. The molecular formula is C16H15NO5S2. The maximum atomic E-state index is 12.3. The molecule has 1 aromatic rings. The number of carboxylic acid groups (broad SMARTS) is 1. The average molecular weight is 365 g/mol. The largest absolute Gasteiger partial charge is 0.504 e. The molecule has 1 saturated heterocycles. The first-order valence-corrected chi connectivity index (χ1v) is 8.07. The van der Waals surface area contributed by atoms with Crippen molar-refractivity contribution < 1.29 is 24.5 Å². The molecule has 1 aliphatic rings. The molecule has 1 fully saturated rings. The van der Waals surface area contributed by atoms with Gasteiger partial charge in [-0.2, -0.15) is 0 Å². The number of thioether (sulfide) groups is 1. The van der Waals surface area contributed by atoms with Crippen molar-refractivity contribution in [3.05, 3.63) is 40.8 Å². The van der Waals surface area contributed by atoms with Crippen LogP contribution in [0.2, 0.25) is 0 Å². The summed E-state index contributed by atoms with van der Waals surface area (Å²) in [7, 11) is 1.43. The number of hydrogen-bond donors (Lipinski definition) is 2. The lowest BCUT2D eigenvalue weighted by atomic mass is 10.1. The molecule has 0 bridgehead atoms. The predicted molar refractivity (Wildman–Crippen MR) is 96.1 cm³/mol. The van der Waals surface area contributed by atoms with Crippen LogP contribution in [0.1, 0.15) is 11.1 Å². The summed E-state index contributed by atoms with van der Waals surface area (Å²) >= 11 is 6.09. The Morgan fingerprint density at radius 3 is 2.79 bits per heavy atom. The van der Waals surface area contributed by atoms with E-state index in [0.29, 0.717) is 22.5 Å². The van der Waals surface area contributed by atoms with Gasteiger partial charge in [-0.15, -0.1) is 6.58 Å². The van der Waals surface area contributed by atoms with Crippen LogP contribution < -0.4 is 4.74 Å². The molecule has 0 spiro atoms. The molecule has 8 heteroatoms. The Morgan fingerprint density at radius 1 is 1.50 bits per heavy atom. The quantitative estimate of drug-likeness (QED) is 0.455. The summed E-state index contributed by atoms with van der Waals surface area (Å²) in [6.07, 6.45) is 3.67. The molecule has 24 heavy (non-hydrogen) atoms. The zero-order valence-electron chi connectivity index (χ0n) is 12.8. The molecule has 6 nitrogen and oxygen atoms in total. The summed E-state index contributed by atoms with van der Waals surface area (Å²) in [5.74, 6) is -1.29. The van der Waals surface area contributed by atoms with Gasteiger partial charge in [0.1, 0.15) is 10.9 Å². The van der Waals surface area contributed by atoms with Gasteiger partial charge in [-0.25, -0.2) is 0 Å².